The highest BCUT2D eigenvalue weighted by Crippen LogP contribution is 2.22. The predicted octanol–water partition coefficient (Wildman–Crippen LogP) is 1.82. The summed E-state index contributed by atoms with van der Waals surface area (Å²) in [5.41, 5.74) is 0.565. The van der Waals surface area contributed by atoms with Crippen LogP contribution in [0.1, 0.15) is 5.56 Å². The Bertz CT molecular complexity index is 713. The van der Waals surface area contributed by atoms with Gasteiger partial charge in [-0.25, -0.2) is 0 Å². The van der Waals surface area contributed by atoms with Crippen LogP contribution >= 0.6 is 0 Å². The molecule has 0 bridgehead atoms. The van der Waals surface area contributed by atoms with E-state index < -0.39 is 10.5 Å². The summed E-state index contributed by atoms with van der Waals surface area (Å²) in [4.78, 5) is 23.8. The molecule has 1 N–H and O–H groups in total. The molecule has 0 aliphatic rings. The van der Waals surface area contributed by atoms with Gasteiger partial charge >= 0.3 is 0 Å². The number of nitriles is 1. The van der Waals surface area contributed by atoms with Gasteiger partial charge in [0.05, 0.1) is 4.92 Å². The van der Waals surface area contributed by atoms with Crippen molar-refractivity contribution in [3.8, 4) is 17.2 Å². The van der Waals surface area contributed by atoms with Crippen LogP contribution in [0.2, 0.25) is 0 Å². The number of rotatable bonds is 2. The molecule has 6 heteroatoms. The number of aromatic amines is 1. The third-order valence-electron chi connectivity index (χ3n) is 2.41. The van der Waals surface area contributed by atoms with Crippen molar-refractivity contribution in [2.45, 2.75) is 0 Å². The van der Waals surface area contributed by atoms with Gasteiger partial charge in [-0.1, -0.05) is 12.1 Å². The molecular weight excluding hydrogens is 234 g/mol. The second kappa shape index (κ2) is 4.51. The van der Waals surface area contributed by atoms with Crippen LogP contribution in [0.4, 0.5) is 5.69 Å². The van der Waals surface area contributed by atoms with E-state index in [1.54, 1.807) is 18.2 Å². The number of nitro groups is 1. The largest absolute Gasteiger partial charge is 0.327 e. The Morgan fingerprint density at radius 3 is 2.72 bits per heavy atom. The third-order valence-corrected chi connectivity index (χ3v) is 2.41. The molecule has 0 spiro atoms. The number of nitrogens with one attached hydrogen (secondary N) is 1. The molecule has 0 fully saturated rings. The average molecular weight is 241 g/mol. The van der Waals surface area contributed by atoms with Crippen molar-refractivity contribution in [2.24, 2.45) is 0 Å². The number of non-ortho nitro benzene ring substituents is 1. The van der Waals surface area contributed by atoms with Crippen LogP contribution in [0.25, 0.3) is 11.1 Å². The van der Waals surface area contributed by atoms with Gasteiger partial charge in [-0.3, -0.25) is 14.9 Å². The zero-order valence-electron chi connectivity index (χ0n) is 9.08. The van der Waals surface area contributed by atoms with E-state index in [0.29, 0.717) is 11.1 Å². The van der Waals surface area contributed by atoms with E-state index >= 15 is 0 Å². The first kappa shape index (κ1) is 11.5. The fourth-order valence-electron chi connectivity index (χ4n) is 1.53. The zero-order valence-corrected chi connectivity index (χ0v) is 9.08. The summed E-state index contributed by atoms with van der Waals surface area (Å²) in [6, 6.07) is 9.14. The number of nitro benzene ring substituents is 1. The highest BCUT2D eigenvalue weighted by Gasteiger charge is 2.08. The van der Waals surface area contributed by atoms with Crippen LogP contribution < -0.4 is 5.56 Å². The molecule has 88 valence electrons. The second-order valence-corrected chi connectivity index (χ2v) is 3.55. The van der Waals surface area contributed by atoms with Crippen LogP contribution in [0.3, 0.4) is 0 Å². The number of hydrogen-bond donors (Lipinski definition) is 1. The normalized spacial score (nSPS) is 9.72. The minimum atomic E-state index is -0.500. The van der Waals surface area contributed by atoms with Crippen molar-refractivity contribution in [3.05, 3.63) is 62.6 Å². The van der Waals surface area contributed by atoms with Crippen LogP contribution in [0, 0.1) is 21.4 Å². The molecule has 0 saturated carbocycles. The van der Waals surface area contributed by atoms with Gasteiger partial charge in [0.25, 0.3) is 11.2 Å². The molecule has 0 atom stereocenters. The highest BCUT2D eigenvalue weighted by atomic mass is 16.6. The minimum Gasteiger partial charge on any atom is -0.327 e. The maximum Gasteiger partial charge on any atom is 0.270 e. The molecule has 1 aromatic carbocycles. The average Bonchev–Trinajstić information content (AvgIpc) is 2.39. The van der Waals surface area contributed by atoms with Crippen LogP contribution in [-0.4, -0.2) is 9.91 Å². The Morgan fingerprint density at radius 1 is 1.28 bits per heavy atom. The number of H-pyrrole nitrogens is 1. The lowest BCUT2D eigenvalue weighted by Crippen LogP contribution is -2.08. The van der Waals surface area contributed by atoms with Crippen molar-refractivity contribution < 1.29 is 4.92 Å². The second-order valence-electron chi connectivity index (χ2n) is 3.55. The number of pyridine rings is 1. The molecule has 0 amide bonds. The summed E-state index contributed by atoms with van der Waals surface area (Å²) in [5, 5.41) is 19.4. The van der Waals surface area contributed by atoms with Gasteiger partial charge in [-0.15, -0.1) is 0 Å². The van der Waals surface area contributed by atoms with Crippen LogP contribution in [-0.2, 0) is 0 Å². The Hall–Kier alpha value is -2.94. The van der Waals surface area contributed by atoms with E-state index in [2.05, 4.69) is 4.98 Å². The van der Waals surface area contributed by atoms with Crippen molar-refractivity contribution in [3.63, 3.8) is 0 Å². The molecule has 0 aliphatic carbocycles. The molecule has 1 heterocycles. The van der Waals surface area contributed by atoms with E-state index in [4.69, 9.17) is 5.26 Å². The van der Waals surface area contributed by atoms with Crippen molar-refractivity contribution in [1.29, 1.82) is 5.26 Å². The lowest BCUT2D eigenvalue weighted by atomic mass is 10.1. The quantitative estimate of drug-likeness (QED) is 0.640. The maximum absolute atomic E-state index is 11.2. The minimum absolute atomic E-state index is 0.0287. The van der Waals surface area contributed by atoms with Crippen LogP contribution in [0.5, 0.6) is 0 Å². The van der Waals surface area contributed by atoms with Crippen LogP contribution in [0.15, 0.2) is 41.3 Å². The predicted molar refractivity (Wildman–Crippen MR) is 63.9 cm³/mol. The smallest absolute Gasteiger partial charge is 0.270 e. The number of benzene rings is 1. The number of hydrogen-bond acceptors (Lipinski definition) is 4. The SMILES string of the molecule is N#Cc1cc(-c2cccc([N+](=O)[O-])c2)c[nH]c1=O. The van der Waals surface area contributed by atoms with Crippen molar-refractivity contribution >= 4 is 5.69 Å². The molecule has 0 unspecified atom stereocenters. The van der Waals surface area contributed by atoms with Crippen molar-refractivity contribution in [2.75, 3.05) is 0 Å². The Kier molecular flexibility index (Phi) is 2.89. The van der Waals surface area contributed by atoms with Gasteiger partial charge in [0.1, 0.15) is 11.6 Å². The maximum atomic E-state index is 11.2. The fraction of sp³-hybridized carbons (Fsp3) is 0. The molecule has 0 radical (unpaired) electrons. The fourth-order valence-corrected chi connectivity index (χ4v) is 1.53. The molecule has 18 heavy (non-hydrogen) atoms. The summed E-state index contributed by atoms with van der Waals surface area (Å²) in [6.45, 7) is 0. The summed E-state index contributed by atoms with van der Waals surface area (Å²) < 4.78 is 0. The topological polar surface area (TPSA) is 99.8 Å². The zero-order chi connectivity index (χ0) is 13.1. The van der Waals surface area contributed by atoms with Gasteiger partial charge in [0.15, 0.2) is 0 Å². The first-order valence-electron chi connectivity index (χ1n) is 4.99. The monoisotopic (exact) mass is 241 g/mol. The highest BCUT2D eigenvalue weighted by molar-refractivity contribution is 5.66. The molecule has 2 aromatic rings. The van der Waals surface area contributed by atoms with Crippen molar-refractivity contribution in [1.82, 2.24) is 4.98 Å². The molecular formula is C12H7N3O3. The summed E-state index contributed by atoms with van der Waals surface area (Å²) in [6.07, 6.45) is 1.42. The summed E-state index contributed by atoms with van der Waals surface area (Å²) in [5.74, 6) is 0. The lowest BCUT2D eigenvalue weighted by molar-refractivity contribution is -0.384. The molecule has 1 aromatic heterocycles. The lowest BCUT2D eigenvalue weighted by Gasteiger charge is -2.01. The van der Waals surface area contributed by atoms with Gasteiger partial charge < -0.3 is 4.98 Å². The molecule has 6 nitrogen and oxygen atoms in total. The number of aromatic nitrogens is 1. The Labute approximate surface area is 101 Å². The van der Waals surface area contributed by atoms with E-state index in [1.165, 1.54) is 24.4 Å². The van der Waals surface area contributed by atoms with E-state index in [1.807, 2.05) is 0 Å². The van der Waals surface area contributed by atoms with Gasteiger partial charge in [-0.05, 0) is 17.2 Å². The first-order valence-corrected chi connectivity index (χ1v) is 4.99. The summed E-state index contributed by atoms with van der Waals surface area (Å²) >= 11 is 0. The van der Waals surface area contributed by atoms with E-state index in [-0.39, 0.29) is 11.3 Å². The van der Waals surface area contributed by atoms with Gasteiger partial charge in [0.2, 0.25) is 0 Å². The molecule has 0 saturated heterocycles. The molecule has 0 aliphatic heterocycles. The van der Waals surface area contributed by atoms with E-state index in [9.17, 15) is 14.9 Å². The standard InChI is InChI=1S/C12H7N3O3/c13-6-9-4-10(7-14-12(9)16)8-2-1-3-11(5-8)15(17)18/h1-5,7H,(H,14,16). The van der Waals surface area contributed by atoms with E-state index in [0.717, 1.165) is 0 Å². The summed E-state index contributed by atoms with van der Waals surface area (Å²) in [7, 11) is 0. The first-order chi connectivity index (χ1) is 8.61. The Balaban J connectivity index is 2.56. The van der Waals surface area contributed by atoms with Gasteiger partial charge in [-0.2, -0.15) is 5.26 Å². The molecule has 2 rings (SSSR count). The Morgan fingerprint density at radius 2 is 2.06 bits per heavy atom. The van der Waals surface area contributed by atoms with Gasteiger partial charge in [0, 0.05) is 18.3 Å². The third kappa shape index (κ3) is 2.10. The number of nitrogens with zero attached hydrogens (tertiary/aromatic N) is 2.